The van der Waals surface area contributed by atoms with E-state index in [2.05, 4.69) is 5.32 Å². The fraction of sp³-hybridized carbons (Fsp3) is 0.364. The van der Waals surface area contributed by atoms with Crippen LogP contribution in [-0.4, -0.2) is 17.7 Å². The van der Waals surface area contributed by atoms with Crippen LogP contribution in [-0.2, 0) is 4.79 Å². The minimum Gasteiger partial charge on any atom is -0.398 e. The number of hydrogen-bond donors (Lipinski definition) is 2. The summed E-state index contributed by atoms with van der Waals surface area (Å²) < 4.78 is 0. The molecule has 0 atom stereocenters. The molecule has 1 saturated carbocycles. The Morgan fingerprint density at radius 1 is 1.56 bits per heavy atom. The van der Waals surface area contributed by atoms with Crippen LogP contribution < -0.4 is 11.1 Å². The standard InChI is InChI=1S/C11H13ClN2OS/c12-7-1-4-9(13)10(5-7)16-6-11(15)14-8-2-3-8/h1,4-5,8H,2-3,6,13H2,(H,14,15). The normalized spacial score (nSPS) is 14.8. The van der Waals surface area contributed by atoms with Crippen LogP contribution in [0.1, 0.15) is 12.8 Å². The molecule has 1 aromatic rings. The molecular weight excluding hydrogens is 244 g/mol. The molecule has 0 spiro atoms. The molecule has 0 heterocycles. The Morgan fingerprint density at radius 2 is 2.31 bits per heavy atom. The Labute approximate surface area is 104 Å². The van der Waals surface area contributed by atoms with Crippen LogP contribution in [0, 0.1) is 0 Å². The zero-order valence-electron chi connectivity index (χ0n) is 8.70. The van der Waals surface area contributed by atoms with Crippen molar-refractivity contribution in [2.75, 3.05) is 11.5 Å². The molecule has 1 aromatic carbocycles. The number of nitrogens with one attached hydrogen (secondary N) is 1. The number of hydrogen-bond acceptors (Lipinski definition) is 3. The lowest BCUT2D eigenvalue weighted by atomic mass is 10.3. The Balaban J connectivity index is 1.87. The van der Waals surface area contributed by atoms with Gasteiger partial charge in [0.15, 0.2) is 0 Å². The lowest BCUT2D eigenvalue weighted by Gasteiger charge is -2.06. The van der Waals surface area contributed by atoms with Crippen molar-refractivity contribution in [2.45, 2.75) is 23.8 Å². The molecule has 0 bridgehead atoms. The first-order chi connectivity index (χ1) is 7.65. The van der Waals surface area contributed by atoms with Crippen LogP contribution in [0.3, 0.4) is 0 Å². The van der Waals surface area contributed by atoms with E-state index in [1.54, 1.807) is 18.2 Å². The van der Waals surface area contributed by atoms with Crippen LogP contribution in [0.5, 0.6) is 0 Å². The predicted molar refractivity (Wildman–Crippen MR) is 67.8 cm³/mol. The zero-order valence-corrected chi connectivity index (χ0v) is 10.3. The third-order valence-electron chi connectivity index (χ3n) is 2.28. The molecule has 2 rings (SSSR count). The SMILES string of the molecule is Nc1ccc(Cl)cc1SCC(=O)NC1CC1. The summed E-state index contributed by atoms with van der Waals surface area (Å²) in [6.45, 7) is 0. The zero-order chi connectivity index (χ0) is 11.5. The quantitative estimate of drug-likeness (QED) is 0.642. The maximum Gasteiger partial charge on any atom is 0.230 e. The monoisotopic (exact) mass is 256 g/mol. The van der Waals surface area contributed by atoms with Crippen molar-refractivity contribution < 1.29 is 4.79 Å². The van der Waals surface area contributed by atoms with Crippen molar-refractivity contribution in [1.82, 2.24) is 5.32 Å². The van der Waals surface area contributed by atoms with Gasteiger partial charge in [-0.25, -0.2) is 0 Å². The fourth-order valence-electron chi connectivity index (χ4n) is 1.27. The van der Waals surface area contributed by atoms with Gasteiger partial charge >= 0.3 is 0 Å². The fourth-order valence-corrected chi connectivity index (χ4v) is 2.33. The van der Waals surface area contributed by atoms with E-state index in [0.717, 1.165) is 17.7 Å². The van der Waals surface area contributed by atoms with E-state index in [-0.39, 0.29) is 5.91 Å². The number of carbonyl (C=O) groups is 1. The number of benzene rings is 1. The second kappa shape index (κ2) is 4.97. The highest BCUT2D eigenvalue weighted by atomic mass is 35.5. The van der Waals surface area contributed by atoms with Gasteiger partial charge in [-0.3, -0.25) is 4.79 Å². The first-order valence-electron chi connectivity index (χ1n) is 5.12. The smallest absolute Gasteiger partial charge is 0.230 e. The third-order valence-corrected chi connectivity index (χ3v) is 3.58. The van der Waals surface area contributed by atoms with Crippen LogP contribution >= 0.6 is 23.4 Å². The molecule has 0 aromatic heterocycles. The molecule has 1 fully saturated rings. The molecular formula is C11H13ClN2OS. The van der Waals surface area contributed by atoms with Crippen molar-refractivity contribution in [2.24, 2.45) is 0 Å². The van der Waals surface area contributed by atoms with E-state index in [1.807, 2.05) is 0 Å². The average Bonchev–Trinajstić information content (AvgIpc) is 3.03. The van der Waals surface area contributed by atoms with Gasteiger partial charge in [0.1, 0.15) is 0 Å². The maximum absolute atomic E-state index is 11.5. The van der Waals surface area contributed by atoms with Gasteiger partial charge in [-0.15, -0.1) is 11.8 Å². The van der Waals surface area contributed by atoms with Crippen LogP contribution in [0.15, 0.2) is 23.1 Å². The molecule has 1 aliphatic carbocycles. The second-order valence-electron chi connectivity index (χ2n) is 3.81. The Kier molecular flexibility index (Phi) is 3.61. The number of nitrogen functional groups attached to an aromatic ring is 1. The first-order valence-corrected chi connectivity index (χ1v) is 6.48. The van der Waals surface area contributed by atoms with Gasteiger partial charge in [-0.1, -0.05) is 11.6 Å². The van der Waals surface area contributed by atoms with Gasteiger partial charge < -0.3 is 11.1 Å². The van der Waals surface area contributed by atoms with Gasteiger partial charge in [0.05, 0.1) is 5.75 Å². The summed E-state index contributed by atoms with van der Waals surface area (Å²) in [5.74, 6) is 0.452. The van der Waals surface area contributed by atoms with E-state index in [0.29, 0.717) is 22.5 Å². The highest BCUT2D eigenvalue weighted by molar-refractivity contribution is 8.00. The van der Waals surface area contributed by atoms with E-state index >= 15 is 0 Å². The lowest BCUT2D eigenvalue weighted by molar-refractivity contribution is -0.118. The van der Waals surface area contributed by atoms with Crippen molar-refractivity contribution in [3.8, 4) is 0 Å². The molecule has 5 heteroatoms. The third kappa shape index (κ3) is 3.32. The first kappa shape index (κ1) is 11.6. The predicted octanol–water partition coefficient (Wildman–Crippen LogP) is 2.29. The summed E-state index contributed by atoms with van der Waals surface area (Å²) in [7, 11) is 0. The summed E-state index contributed by atoms with van der Waals surface area (Å²) in [4.78, 5) is 12.3. The average molecular weight is 257 g/mol. The van der Waals surface area contributed by atoms with E-state index < -0.39 is 0 Å². The number of nitrogens with two attached hydrogens (primary N) is 1. The Hall–Kier alpha value is -0.870. The van der Waals surface area contributed by atoms with Gasteiger partial charge in [-0.2, -0.15) is 0 Å². The number of halogens is 1. The Morgan fingerprint density at radius 3 is 3.00 bits per heavy atom. The van der Waals surface area contributed by atoms with Gasteiger partial charge in [-0.05, 0) is 31.0 Å². The molecule has 1 aliphatic rings. The van der Waals surface area contributed by atoms with Crippen molar-refractivity contribution in [3.05, 3.63) is 23.2 Å². The molecule has 3 N–H and O–H groups in total. The highest BCUT2D eigenvalue weighted by Gasteiger charge is 2.23. The molecule has 0 aliphatic heterocycles. The highest BCUT2D eigenvalue weighted by Crippen LogP contribution is 2.28. The second-order valence-corrected chi connectivity index (χ2v) is 5.27. The van der Waals surface area contributed by atoms with Crippen molar-refractivity contribution in [1.29, 1.82) is 0 Å². The summed E-state index contributed by atoms with van der Waals surface area (Å²) in [6, 6.07) is 5.69. The van der Waals surface area contributed by atoms with Crippen LogP contribution in [0.25, 0.3) is 0 Å². The van der Waals surface area contributed by atoms with Crippen molar-refractivity contribution >= 4 is 35.0 Å². The van der Waals surface area contributed by atoms with Crippen LogP contribution in [0.2, 0.25) is 5.02 Å². The number of rotatable bonds is 4. The van der Waals surface area contributed by atoms with Crippen LogP contribution in [0.4, 0.5) is 5.69 Å². The number of carbonyl (C=O) groups excluding carboxylic acids is 1. The molecule has 1 amide bonds. The van der Waals surface area contributed by atoms with Gasteiger partial charge in [0.25, 0.3) is 0 Å². The largest absolute Gasteiger partial charge is 0.398 e. The molecule has 16 heavy (non-hydrogen) atoms. The molecule has 0 radical (unpaired) electrons. The van der Waals surface area contributed by atoms with E-state index in [9.17, 15) is 4.79 Å². The van der Waals surface area contributed by atoms with E-state index in [4.69, 9.17) is 17.3 Å². The number of thioether (sulfide) groups is 1. The number of amides is 1. The summed E-state index contributed by atoms with van der Waals surface area (Å²) in [5, 5.41) is 3.56. The summed E-state index contributed by atoms with van der Waals surface area (Å²) in [6.07, 6.45) is 2.21. The number of anilines is 1. The lowest BCUT2D eigenvalue weighted by Crippen LogP contribution is -2.27. The topological polar surface area (TPSA) is 55.1 Å². The molecule has 3 nitrogen and oxygen atoms in total. The maximum atomic E-state index is 11.5. The molecule has 0 saturated heterocycles. The molecule has 0 unspecified atom stereocenters. The molecule has 86 valence electrons. The summed E-state index contributed by atoms with van der Waals surface area (Å²) >= 11 is 7.27. The minimum atomic E-state index is 0.0619. The van der Waals surface area contributed by atoms with E-state index in [1.165, 1.54) is 11.8 Å². The van der Waals surface area contributed by atoms with Gasteiger partial charge in [0.2, 0.25) is 5.91 Å². The summed E-state index contributed by atoms with van der Waals surface area (Å²) in [5.41, 5.74) is 6.44. The van der Waals surface area contributed by atoms with Crippen molar-refractivity contribution in [3.63, 3.8) is 0 Å². The van der Waals surface area contributed by atoms with Gasteiger partial charge in [0, 0.05) is 21.6 Å². The Bertz CT molecular complexity index is 407. The minimum absolute atomic E-state index is 0.0619.